The zero-order valence-electron chi connectivity index (χ0n) is 15.6. The van der Waals surface area contributed by atoms with Crippen LogP contribution in [0.15, 0.2) is 24.3 Å². The van der Waals surface area contributed by atoms with E-state index in [1.807, 2.05) is 6.07 Å². The van der Waals surface area contributed by atoms with Crippen molar-refractivity contribution in [2.24, 2.45) is 0 Å². The van der Waals surface area contributed by atoms with Gasteiger partial charge in [0.05, 0.1) is 19.3 Å². The van der Waals surface area contributed by atoms with Gasteiger partial charge in [-0.2, -0.15) is 0 Å². The molecule has 0 amide bonds. The van der Waals surface area contributed by atoms with Crippen molar-refractivity contribution in [3.63, 3.8) is 0 Å². The summed E-state index contributed by atoms with van der Waals surface area (Å²) in [5, 5.41) is 11.0. The largest absolute Gasteiger partial charge is 0.496 e. The highest BCUT2D eigenvalue weighted by Crippen LogP contribution is 2.63. The fraction of sp³-hybridized carbons (Fsp3) is 0.700. The summed E-state index contributed by atoms with van der Waals surface area (Å²) < 4.78 is 31.2. The summed E-state index contributed by atoms with van der Waals surface area (Å²) in [6, 6.07) is 7.10. The summed E-state index contributed by atoms with van der Waals surface area (Å²) >= 11 is 0. The fourth-order valence-corrected chi connectivity index (χ4v) is 6.03. The van der Waals surface area contributed by atoms with E-state index in [4.69, 9.17) is 13.8 Å². The zero-order valence-corrected chi connectivity index (χ0v) is 16.5. The minimum Gasteiger partial charge on any atom is -0.496 e. The van der Waals surface area contributed by atoms with Crippen molar-refractivity contribution in [1.82, 2.24) is 0 Å². The Kier molecular flexibility index (Phi) is 7.16. The highest BCUT2D eigenvalue weighted by molar-refractivity contribution is 7.54. The molecule has 2 saturated carbocycles. The lowest BCUT2D eigenvalue weighted by molar-refractivity contribution is 0.0540. The third-order valence-corrected chi connectivity index (χ3v) is 7.47. The normalized spacial score (nSPS) is 21.5. The van der Waals surface area contributed by atoms with Crippen LogP contribution in [0.1, 0.15) is 75.6 Å². The summed E-state index contributed by atoms with van der Waals surface area (Å²) in [7, 11) is -2.19. The quantitative estimate of drug-likeness (QED) is 0.624. The van der Waals surface area contributed by atoms with Gasteiger partial charge >= 0.3 is 7.60 Å². The van der Waals surface area contributed by atoms with Crippen LogP contribution in [0.4, 0.5) is 0 Å². The Labute approximate surface area is 156 Å². The van der Waals surface area contributed by atoms with Crippen molar-refractivity contribution < 1.29 is 23.5 Å². The maximum absolute atomic E-state index is 13.8. The van der Waals surface area contributed by atoms with E-state index in [1.165, 1.54) is 12.8 Å². The number of hydrogen-bond donors (Lipinski definition) is 1. The summed E-state index contributed by atoms with van der Waals surface area (Å²) in [6.45, 7) is 0. The van der Waals surface area contributed by atoms with Crippen LogP contribution in [0.5, 0.6) is 5.75 Å². The van der Waals surface area contributed by atoms with Crippen LogP contribution in [0.2, 0.25) is 0 Å². The van der Waals surface area contributed by atoms with Gasteiger partial charge in [0.15, 0.2) is 5.85 Å². The molecule has 1 atom stereocenters. The van der Waals surface area contributed by atoms with Gasteiger partial charge in [0.25, 0.3) is 0 Å². The molecule has 0 radical (unpaired) electrons. The Morgan fingerprint density at radius 2 is 1.42 bits per heavy atom. The maximum Gasteiger partial charge on any atom is 0.364 e. The molecule has 0 aromatic heterocycles. The van der Waals surface area contributed by atoms with Gasteiger partial charge in [-0.3, -0.25) is 4.57 Å². The van der Waals surface area contributed by atoms with Crippen LogP contribution in [0, 0.1) is 0 Å². The number of rotatable bonds is 7. The fourth-order valence-electron chi connectivity index (χ4n) is 3.95. The van der Waals surface area contributed by atoms with E-state index < -0.39 is 13.4 Å². The molecule has 5 nitrogen and oxygen atoms in total. The topological polar surface area (TPSA) is 65.0 Å². The highest BCUT2D eigenvalue weighted by atomic mass is 31.2. The van der Waals surface area contributed by atoms with Crippen molar-refractivity contribution in [3.8, 4) is 5.75 Å². The van der Waals surface area contributed by atoms with Crippen LogP contribution >= 0.6 is 7.60 Å². The van der Waals surface area contributed by atoms with Gasteiger partial charge in [-0.1, -0.05) is 56.7 Å². The van der Waals surface area contributed by atoms with E-state index >= 15 is 0 Å². The first-order valence-corrected chi connectivity index (χ1v) is 11.5. The Balaban J connectivity index is 1.83. The average molecular weight is 382 g/mol. The molecular formula is C20H31O5P. The molecular weight excluding hydrogens is 351 g/mol. The van der Waals surface area contributed by atoms with Gasteiger partial charge in [-0.15, -0.1) is 0 Å². The molecule has 0 bridgehead atoms. The number of aliphatic hydroxyl groups excluding tert-OH is 1. The van der Waals surface area contributed by atoms with Gasteiger partial charge in [0.2, 0.25) is 0 Å². The van der Waals surface area contributed by atoms with E-state index in [2.05, 4.69) is 0 Å². The Morgan fingerprint density at radius 1 is 0.923 bits per heavy atom. The lowest BCUT2D eigenvalue weighted by Gasteiger charge is -2.33. The molecule has 0 spiro atoms. The maximum atomic E-state index is 13.8. The summed E-state index contributed by atoms with van der Waals surface area (Å²) in [5.74, 6) is -0.831. The molecule has 2 aliphatic carbocycles. The molecule has 0 aliphatic heterocycles. The second-order valence-corrected chi connectivity index (χ2v) is 9.38. The minimum atomic E-state index is -3.73. The molecule has 3 rings (SSSR count). The minimum absolute atomic E-state index is 0.109. The van der Waals surface area contributed by atoms with Crippen molar-refractivity contribution in [2.75, 3.05) is 7.11 Å². The van der Waals surface area contributed by atoms with Crippen LogP contribution in [0.25, 0.3) is 0 Å². The Bertz CT molecular complexity index is 584. The Morgan fingerprint density at radius 3 is 1.92 bits per heavy atom. The summed E-state index contributed by atoms with van der Waals surface area (Å²) in [6.07, 6.45) is 9.91. The molecule has 146 valence electrons. The molecule has 0 heterocycles. The van der Waals surface area contributed by atoms with Gasteiger partial charge in [-0.05, 0) is 31.7 Å². The third-order valence-electron chi connectivity index (χ3n) is 5.41. The third kappa shape index (κ3) is 4.89. The number of benzene rings is 1. The Hall–Kier alpha value is -0.870. The van der Waals surface area contributed by atoms with Crippen LogP contribution in [-0.2, 0) is 13.6 Å². The standard InChI is InChI=1S/C20H31O5P/c1-23-19-15-9-8-14-18(19)20(21)26(22,24-16-10-4-2-5-11-16)25-17-12-6-3-7-13-17/h8-9,14-17,20-21H,2-7,10-13H2,1H3/t20-/m0/s1. The molecule has 0 unspecified atom stereocenters. The molecule has 0 saturated heterocycles. The molecule has 1 N–H and O–H groups in total. The first-order valence-electron chi connectivity index (χ1n) is 9.90. The van der Waals surface area contributed by atoms with Crippen LogP contribution < -0.4 is 4.74 Å². The van der Waals surface area contributed by atoms with E-state index in [0.717, 1.165) is 51.4 Å². The number of aliphatic hydroxyl groups is 1. The number of para-hydroxylation sites is 1. The molecule has 2 aliphatic rings. The van der Waals surface area contributed by atoms with Gasteiger partial charge in [0.1, 0.15) is 5.75 Å². The van der Waals surface area contributed by atoms with Gasteiger partial charge < -0.3 is 18.9 Å². The van der Waals surface area contributed by atoms with Gasteiger partial charge in [-0.25, -0.2) is 0 Å². The second kappa shape index (κ2) is 9.36. The predicted molar refractivity (Wildman–Crippen MR) is 101 cm³/mol. The molecule has 6 heteroatoms. The SMILES string of the molecule is COc1ccccc1[C@@H](O)P(=O)(OC1CCCCC1)OC1CCCCC1. The van der Waals surface area contributed by atoms with Crippen molar-refractivity contribution in [2.45, 2.75) is 82.3 Å². The van der Waals surface area contributed by atoms with Gasteiger partial charge in [0, 0.05) is 5.56 Å². The second-order valence-electron chi connectivity index (χ2n) is 7.39. The zero-order chi connectivity index (χ0) is 18.4. The molecule has 1 aromatic carbocycles. The van der Waals surface area contributed by atoms with Crippen molar-refractivity contribution in [3.05, 3.63) is 29.8 Å². The molecule has 26 heavy (non-hydrogen) atoms. The van der Waals surface area contributed by atoms with E-state index in [-0.39, 0.29) is 12.2 Å². The first kappa shape index (κ1) is 19.9. The first-order chi connectivity index (χ1) is 12.6. The van der Waals surface area contributed by atoms with Crippen LogP contribution in [-0.4, -0.2) is 24.4 Å². The lowest BCUT2D eigenvalue weighted by Crippen LogP contribution is -2.22. The van der Waals surface area contributed by atoms with E-state index in [1.54, 1.807) is 25.3 Å². The number of ether oxygens (including phenoxy) is 1. The smallest absolute Gasteiger partial charge is 0.364 e. The molecule has 1 aromatic rings. The monoisotopic (exact) mass is 382 g/mol. The molecule has 2 fully saturated rings. The van der Waals surface area contributed by atoms with Crippen molar-refractivity contribution >= 4 is 7.60 Å². The van der Waals surface area contributed by atoms with Crippen molar-refractivity contribution in [1.29, 1.82) is 0 Å². The number of methoxy groups -OCH3 is 1. The summed E-state index contributed by atoms with van der Waals surface area (Å²) in [5.41, 5.74) is 0.463. The van der Waals surface area contributed by atoms with Crippen LogP contribution in [0.3, 0.4) is 0 Å². The highest BCUT2D eigenvalue weighted by Gasteiger charge is 2.42. The van der Waals surface area contributed by atoms with E-state index in [9.17, 15) is 9.67 Å². The summed E-state index contributed by atoms with van der Waals surface area (Å²) in [4.78, 5) is 0. The lowest BCUT2D eigenvalue weighted by atomic mass is 9.98. The number of hydrogen-bond acceptors (Lipinski definition) is 5. The predicted octanol–water partition coefficient (Wildman–Crippen LogP) is 5.58. The average Bonchev–Trinajstić information content (AvgIpc) is 2.69. The van der Waals surface area contributed by atoms with E-state index in [0.29, 0.717) is 11.3 Å².